The summed E-state index contributed by atoms with van der Waals surface area (Å²) in [6.45, 7) is 7.22. The summed E-state index contributed by atoms with van der Waals surface area (Å²) < 4.78 is 35.0. The molecule has 220 valence electrons. The summed E-state index contributed by atoms with van der Waals surface area (Å²) in [5.74, 6) is -0.107. The van der Waals surface area contributed by atoms with Crippen LogP contribution in [0.15, 0.2) is 82.2 Å². The molecule has 0 bridgehead atoms. The summed E-state index contributed by atoms with van der Waals surface area (Å²) in [6.07, 6.45) is 1.09. The molecule has 8 nitrogen and oxygen atoms in total. The van der Waals surface area contributed by atoms with E-state index in [9.17, 15) is 18.0 Å². The van der Waals surface area contributed by atoms with Crippen molar-refractivity contribution in [3.05, 3.63) is 88.4 Å². The number of hydrogen-bond acceptors (Lipinski definition) is 5. The molecule has 0 saturated heterocycles. The third-order valence-electron chi connectivity index (χ3n) is 6.90. The Morgan fingerprint density at radius 2 is 1.54 bits per heavy atom. The number of benzene rings is 3. The quantitative estimate of drug-likeness (QED) is 0.258. The van der Waals surface area contributed by atoms with Crippen molar-refractivity contribution in [1.29, 1.82) is 0 Å². The van der Waals surface area contributed by atoms with Crippen molar-refractivity contribution in [3.8, 4) is 5.75 Å². The van der Waals surface area contributed by atoms with Crippen LogP contribution in [0.3, 0.4) is 0 Å². The third kappa shape index (κ3) is 8.33. The van der Waals surface area contributed by atoms with Crippen LogP contribution in [0, 0.1) is 6.92 Å². The second kappa shape index (κ2) is 14.5. The molecular formula is C31H38BrN3O5S. The highest BCUT2D eigenvalue weighted by Crippen LogP contribution is 2.27. The number of carbonyl (C=O) groups is 2. The molecule has 0 heterocycles. The maximum absolute atomic E-state index is 14.1. The lowest BCUT2D eigenvalue weighted by atomic mass is 10.1. The predicted octanol–water partition coefficient (Wildman–Crippen LogP) is 5.68. The summed E-state index contributed by atoms with van der Waals surface area (Å²) in [4.78, 5) is 29.0. The fourth-order valence-corrected chi connectivity index (χ4v) is 5.94. The summed E-state index contributed by atoms with van der Waals surface area (Å²) in [5.41, 5.74) is 2.04. The second-order valence-electron chi connectivity index (χ2n) is 9.91. The zero-order chi connectivity index (χ0) is 30.2. The Kier molecular flexibility index (Phi) is 11.4. The number of halogens is 1. The molecule has 2 amide bonds. The summed E-state index contributed by atoms with van der Waals surface area (Å²) in [7, 11) is -2.54. The van der Waals surface area contributed by atoms with Gasteiger partial charge in [0.25, 0.3) is 10.0 Å². The first-order valence-corrected chi connectivity index (χ1v) is 15.8. The molecule has 0 spiro atoms. The van der Waals surface area contributed by atoms with E-state index >= 15 is 0 Å². The van der Waals surface area contributed by atoms with Gasteiger partial charge in [0.15, 0.2) is 0 Å². The van der Waals surface area contributed by atoms with Crippen LogP contribution in [0.5, 0.6) is 5.75 Å². The Hall–Kier alpha value is -3.37. The van der Waals surface area contributed by atoms with E-state index in [0.29, 0.717) is 17.9 Å². The largest absolute Gasteiger partial charge is 0.497 e. The standard InChI is InChI=1S/C31H38BrN3O5S/c1-6-23(4)33-31(37)29(7-2)34(20-24-10-16-27(40-5)17-11-24)30(36)21-35(26-14-12-25(32)13-15-26)41(38,39)28-18-8-22(3)9-19-28/h8-19,23,29H,6-7,20-21H2,1-5H3,(H,33,37)/t23-,29+/m0/s1. The third-order valence-corrected chi connectivity index (χ3v) is 9.22. The van der Waals surface area contributed by atoms with Gasteiger partial charge >= 0.3 is 0 Å². The summed E-state index contributed by atoms with van der Waals surface area (Å²) >= 11 is 3.39. The van der Waals surface area contributed by atoms with Crippen molar-refractivity contribution in [3.63, 3.8) is 0 Å². The van der Waals surface area contributed by atoms with Crippen LogP contribution >= 0.6 is 15.9 Å². The zero-order valence-corrected chi connectivity index (χ0v) is 26.5. The lowest BCUT2D eigenvalue weighted by Gasteiger charge is -2.33. The smallest absolute Gasteiger partial charge is 0.264 e. The molecular weight excluding hydrogens is 606 g/mol. The first-order valence-electron chi connectivity index (χ1n) is 13.6. The Morgan fingerprint density at radius 3 is 2.07 bits per heavy atom. The average molecular weight is 645 g/mol. The summed E-state index contributed by atoms with van der Waals surface area (Å²) in [5, 5.41) is 2.98. The number of methoxy groups -OCH3 is 1. The van der Waals surface area contributed by atoms with E-state index in [4.69, 9.17) is 4.74 Å². The molecule has 0 unspecified atom stereocenters. The lowest BCUT2D eigenvalue weighted by Crippen LogP contribution is -2.53. The molecule has 41 heavy (non-hydrogen) atoms. The van der Waals surface area contributed by atoms with Gasteiger partial charge in [0.2, 0.25) is 11.8 Å². The number of anilines is 1. The molecule has 3 aromatic rings. The molecule has 10 heteroatoms. The number of amides is 2. The minimum atomic E-state index is -4.12. The molecule has 0 aliphatic carbocycles. The number of carbonyl (C=O) groups excluding carboxylic acids is 2. The molecule has 1 N–H and O–H groups in total. The number of nitrogens with one attached hydrogen (secondary N) is 1. The first kappa shape index (κ1) is 32.1. The molecule has 3 aromatic carbocycles. The first-order chi connectivity index (χ1) is 19.5. The van der Waals surface area contributed by atoms with Crippen LogP contribution in [0.4, 0.5) is 5.69 Å². The minimum Gasteiger partial charge on any atom is -0.497 e. The topological polar surface area (TPSA) is 96.0 Å². The average Bonchev–Trinajstić information content (AvgIpc) is 2.96. The molecule has 2 atom stereocenters. The van der Waals surface area contributed by atoms with Crippen molar-refractivity contribution in [2.75, 3.05) is 18.0 Å². The van der Waals surface area contributed by atoms with Crippen molar-refractivity contribution >= 4 is 43.5 Å². The van der Waals surface area contributed by atoms with Gasteiger partial charge in [0, 0.05) is 17.1 Å². The Bertz CT molecular complexity index is 1410. The normalized spacial score (nSPS) is 12.7. The van der Waals surface area contributed by atoms with Crippen LogP contribution in [-0.4, -0.2) is 50.9 Å². The number of ether oxygens (including phenoxy) is 1. The molecule has 0 aliphatic heterocycles. The van der Waals surface area contributed by atoms with Crippen molar-refractivity contribution < 1.29 is 22.7 Å². The van der Waals surface area contributed by atoms with Crippen LogP contribution in [0.2, 0.25) is 0 Å². The van der Waals surface area contributed by atoms with Crippen molar-refractivity contribution in [1.82, 2.24) is 10.2 Å². The van der Waals surface area contributed by atoms with Gasteiger partial charge in [-0.15, -0.1) is 0 Å². The van der Waals surface area contributed by atoms with Crippen LogP contribution in [-0.2, 0) is 26.2 Å². The van der Waals surface area contributed by atoms with E-state index in [2.05, 4.69) is 21.2 Å². The van der Waals surface area contributed by atoms with E-state index in [1.165, 1.54) is 17.0 Å². The van der Waals surface area contributed by atoms with Crippen LogP contribution in [0.1, 0.15) is 44.7 Å². The molecule has 0 fully saturated rings. The fraction of sp³-hybridized carbons (Fsp3) is 0.355. The number of aryl methyl sites for hydroxylation is 1. The van der Waals surface area contributed by atoms with Crippen LogP contribution < -0.4 is 14.4 Å². The number of rotatable bonds is 13. The predicted molar refractivity (Wildman–Crippen MR) is 165 cm³/mol. The van der Waals surface area contributed by atoms with Gasteiger partial charge in [-0.05, 0) is 80.8 Å². The van der Waals surface area contributed by atoms with Crippen LogP contribution in [0.25, 0.3) is 0 Å². The van der Waals surface area contributed by atoms with Gasteiger partial charge in [-0.3, -0.25) is 13.9 Å². The van der Waals surface area contributed by atoms with Crippen molar-refractivity contribution in [2.45, 2.75) is 64.1 Å². The van der Waals surface area contributed by atoms with Gasteiger partial charge in [-0.2, -0.15) is 0 Å². The number of sulfonamides is 1. The Morgan fingerprint density at radius 1 is 0.927 bits per heavy atom. The summed E-state index contributed by atoms with van der Waals surface area (Å²) in [6, 6.07) is 19.6. The number of nitrogens with zero attached hydrogens (tertiary/aromatic N) is 2. The molecule has 0 saturated carbocycles. The van der Waals surface area contributed by atoms with E-state index in [0.717, 1.165) is 26.3 Å². The Balaban J connectivity index is 2.05. The molecule has 0 radical (unpaired) electrons. The van der Waals surface area contributed by atoms with Gasteiger partial charge in [-0.25, -0.2) is 8.42 Å². The highest BCUT2D eigenvalue weighted by atomic mass is 79.9. The number of hydrogen-bond donors (Lipinski definition) is 1. The molecule has 3 rings (SSSR count). The second-order valence-corrected chi connectivity index (χ2v) is 12.7. The minimum absolute atomic E-state index is 0.0714. The SMILES string of the molecule is CC[C@H](C(=O)N[C@@H](C)CC)N(Cc1ccc(OC)cc1)C(=O)CN(c1ccc(Br)cc1)S(=O)(=O)c1ccc(C)cc1. The highest BCUT2D eigenvalue weighted by molar-refractivity contribution is 9.10. The Labute approximate surface area is 251 Å². The van der Waals surface area contributed by atoms with Gasteiger partial charge < -0.3 is 15.0 Å². The molecule has 0 aromatic heterocycles. The van der Waals surface area contributed by atoms with E-state index in [-0.39, 0.29) is 23.4 Å². The fourth-order valence-electron chi connectivity index (χ4n) is 4.26. The highest BCUT2D eigenvalue weighted by Gasteiger charge is 2.34. The monoisotopic (exact) mass is 643 g/mol. The van der Waals surface area contributed by atoms with E-state index in [1.54, 1.807) is 55.6 Å². The van der Waals surface area contributed by atoms with Gasteiger partial charge in [0.1, 0.15) is 18.3 Å². The van der Waals surface area contributed by atoms with Crippen molar-refractivity contribution in [2.24, 2.45) is 0 Å². The van der Waals surface area contributed by atoms with Gasteiger partial charge in [0.05, 0.1) is 17.7 Å². The van der Waals surface area contributed by atoms with E-state index in [1.807, 2.05) is 39.8 Å². The zero-order valence-electron chi connectivity index (χ0n) is 24.1. The van der Waals surface area contributed by atoms with E-state index < -0.39 is 28.5 Å². The maximum atomic E-state index is 14.1. The van der Waals surface area contributed by atoms with Gasteiger partial charge in [-0.1, -0.05) is 59.6 Å². The maximum Gasteiger partial charge on any atom is 0.264 e. The lowest BCUT2D eigenvalue weighted by molar-refractivity contribution is -0.140. The molecule has 0 aliphatic rings.